The number of nitrogen functional groups attached to an aromatic ring is 1. The van der Waals surface area contributed by atoms with Gasteiger partial charge < -0.3 is 15.2 Å². The highest BCUT2D eigenvalue weighted by atomic mass is 32.1. The van der Waals surface area contributed by atoms with Crippen molar-refractivity contribution in [3.8, 4) is 22.8 Å². The smallest absolute Gasteiger partial charge is 0.161 e. The van der Waals surface area contributed by atoms with E-state index >= 15 is 0 Å². The Bertz CT molecular complexity index is 537. The fraction of sp³-hybridized carbons (Fsp3) is 0.250. The van der Waals surface area contributed by atoms with Crippen LogP contribution in [0.4, 0.5) is 5.00 Å². The summed E-state index contributed by atoms with van der Waals surface area (Å²) in [5.74, 6) is 1.39. The van der Waals surface area contributed by atoms with Gasteiger partial charge in [0, 0.05) is 5.56 Å². The molecule has 0 aliphatic heterocycles. The Balaban J connectivity index is 2.59. The third-order valence-electron chi connectivity index (χ3n) is 2.58. The maximum absolute atomic E-state index is 5.89. The van der Waals surface area contributed by atoms with Crippen molar-refractivity contribution in [3.63, 3.8) is 0 Å². The van der Waals surface area contributed by atoms with E-state index in [0.717, 1.165) is 16.8 Å². The number of ether oxygens (including phenoxy) is 2. The van der Waals surface area contributed by atoms with Gasteiger partial charge in [-0.25, -0.2) is 4.98 Å². The molecule has 2 rings (SSSR count). The van der Waals surface area contributed by atoms with Gasteiger partial charge in [-0.2, -0.15) is 0 Å². The van der Waals surface area contributed by atoms with Gasteiger partial charge in [0.2, 0.25) is 0 Å². The molecule has 4 nitrogen and oxygen atoms in total. The Morgan fingerprint density at radius 3 is 2.35 bits per heavy atom. The topological polar surface area (TPSA) is 57.4 Å². The Hall–Kier alpha value is -1.75. The lowest BCUT2D eigenvalue weighted by molar-refractivity contribution is 0.355. The maximum Gasteiger partial charge on any atom is 0.161 e. The van der Waals surface area contributed by atoms with Gasteiger partial charge >= 0.3 is 0 Å². The van der Waals surface area contributed by atoms with Crippen molar-refractivity contribution in [1.82, 2.24) is 4.98 Å². The Labute approximate surface area is 104 Å². The molecule has 2 N–H and O–H groups in total. The number of anilines is 1. The molecule has 17 heavy (non-hydrogen) atoms. The van der Waals surface area contributed by atoms with Crippen molar-refractivity contribution in [2.75, 3.05) is 20.0 Å². The molecule has 0 atom stereocenters. The molecular formula is C12H14N2O2S. The number of hydrogen-bond acceptors (Lipinski definition) is 5. The predicted molar refractivity (Wildman–Crippen MR) is 69.8 cm³/mol. The van der Waals surface area contributed by atoms with E-state index < -0.39 is 0 Å². The largest absolute Gasteiger partial charge is 0.493 e. The first-order valence-electron chi connectivity index (χ1n) is 5.09. The maximum atomic E-state index is 5.89. The number of nitrogens with two attached hydrogens (primary N) is 1. The first-order valence-corrected chi connectivity index (χ1v) is 5.97. The van der Waals surface area contributed by atoms with Crippen LogP contribution in [0.15, 0.2) is 17.6 Å². The summed E-state index contributed by atoms with van der Waals surface area (Å²) in [6, 6.07) is 3.83. The number of methoxy groups -OCH3 is 2. The van der Waals surface area contributed by atoms with Crippen LogP contribution in [-0.4, -0.2) is 19.2 Å². The van der Waals surface area contributed by atoms with Gasteiger partial charge in [0.15, 0.2) is 11.5 Å². The summed E-state index contributed by atoms with van der Waals surface area (Å²) in [6.45, 7) is 2.00. The molecule has 0 radical (unpaired) electrons. The molecule has 0 spiro atoms. The van der Waals surface area contributed by atoms with Crippen molar-refractivity contribution in [2.24, 2.45) is 0 Å². The van der Waals surface area contributed by atoms with Gasteiger partial charge in [0.05, 0.1) is 19.7 Å². The van der Waals surface area contributed by atoms with Crippen LogP contribution in [0, 0.1) is 6.92 Å². The van der Waals surface area contributed by atoms with Gasteiger partial charge in [-0.1, -0.05) is 0 Å². The first-order chi connectivity index (χ1) is 8.17. The molecule has 1 aromatic heterocycles. The summed E-state index contributed by atoms with van der Waals surface area (Å²) in [5, 5.41) is 0.709. The lowest BCUT2D eigenvalue weighted by Crippen LogP contribution is -1.95. The molecule has 5 heteroatoms. The van der Waals surface area contributed by atoms with Crippen molar-refractivity contribution < 1.29 is 9.47 Å². The molecule has 1 heterocycles. The van der Waals surface area contributed by atoms with Gasteiger partial charge in [0.25, 0.3) is 0 Å². The van der Waals surface area contributed by atoms with E-state index in [1.165, 1.54) is 11.3 Å². The molecule has 0 saturated carbocycles. The van der Waals surface area contributed by atoms with Gasteiger partial charge in [-0.3, -0.25) is 0 Å². The number of aromatic nitrogens is 1. The SMILES string of the molecule is COc1cc(C)c(-c2ncsc2N)cc1OC. The molecule has 0 aliphatic carbocycles. The van der Waals surface area contributed by atoms with E-state index in [4.69, 9.17) is 15.2 Å². The second-order valence-corrected chi connectivity index (χ2v) is 4.47. The Morgan fingerprint density at radius 1 is 1.18 bits per heavy atom. The monoisotopic (exact) mass is 250 g/mol. The number of rotatable bonds is 3. The summed E-state index contributed by atoms with van der Waals surface area (Å²) in [7, 11) is 3.23. The number of nitrogens with zero attached hydrogens (tertiary/aromatic N) is 1. The van der Waals surface area contributed by atoms with Crippen LogP contribution >= 0.6 is 11.3 Å². The molecule has 0 amide bonds. The minimum atomic E-state index is 0.681. The van der Waals surface area contributed by atoms with Crippen LogP contribution in [0.5, 0.6) is 11.5 Å². The van der Waals surface area contributed by atoms with Crippen molar-refractivity contribution >= 4 is 16.3 Å². The number of hydrogen-bond donors (Lipinski definition) is 1. The van der Waals surface area contributed by atoms with Crippen LogP contribution in [-0.2, 0) is 0 Å². The molecule has 0 fully saturated rings. The molecule has 1 aromatic carbocycles. The highest BCUT2D eigenvalue weighted by Gasteiger charge is 2.13. The predicted octanol–water partition coefficient (Wildman–Crippen LogP) is 2.72. The Morgan fingerprint density at radius 2 is 1.82 bits per heavy atom. The average molecular weight is 250 g/mol. The van der Waals surface area contributed by atoms with Crippen LogP contribution < -0.4 is 15.2 Å². The zero-order chi connectivity index (χ0) is 12.4. The van der Waals surface area contributed by atoms with E-state index in [1.807, 2.05) is 19.1 Å². The average Bonchev–Trinajstić information content (AvgIpc) is 2.75. The van der Waals surface area contributed by atoms with Gasteiger partial charge in [-0.05, 0) is 24.6 Å². The summed E-state index contributed by atoms with van der Waals surface area (Å²) in [5.41, 5.74) is 10.5. The molecule has 2 aromatic rings. The van der Waals surface area contributed by atoms with Crippen molar-refractivity contribution in [3.05, 3.63) is 23.2 Å². The number of benzene rings is 1. The third-order valence-corrected chi connectivity index (χ3v) is 3.24. The van der Waals surface area contributed by atoms with Crippen LogP contribution in [0.1, 0.15) is 5.56 Å². The van der Waals surface area contributed by atoms with E-state index in [2.05, 4.69) is 4.98 Å². The molecule has 0 bridgehead atoms. The fourth-order valence-electron chi connectivity index (χ4n) is 1.69. The lowest BCUT2D eigenvalue weighted by atomic mass is 10.0. The van der Waals surface area contributed by atoms with Gasteiger partial charge in [-0.15, -0.1) is 11.3 Å². The zero-order valence-electron chi connectivity index (χ0n) is 9.98. The summed E-state index contributed by atoms with van der Waals surface area (Å²) >= 11 is 1.43. The molecular weight excluding hydrogens is 236 g/mol. The highest BCUT2D eigenvalue weighted by Crippen LogP contribution is 2.37. The Kier molecular flexibility index (Phi) is 3.19. The minimum absolute atomic E-state index is 0.681. The number of aryl methyl sites for hydroxylation is 1. The second-order valence-electron chi connectivity index (χ2n) is 3.59. The minimum Gasteiger partial charge on any atom is -0.493 e. The molecule has 0 saturated heterocycles. The van der Waals surface area contributed by atoms with E-state index in [9.17, 15) is 0 Å². The van der Waals surface area contributed by atoms with Crippen molar-refractivity contribution in [1.29, 1.82) is 0 Å². The third kappa shape index (κ3) is 2.06. The van der Waals surface area contributed by atoms with Gasteiger partial charge in [0.1, 0.15) is 10.7 Å². The molecule has 0 aliphatic rings. The van der Waals surface area contributed by atoms with E-state index in [0.29, 0.717) is 16.5 Å². The first kappa shape index (κ1) is 11.7. The molecule has 0 unspecified atom stereocenters. The normalized spacial score (nSPS) is 10.3. The zero-order valence-corrected chi connectivity index (χ0v) is 10.8. The quantitative estimate of drug-likeness (QED) is 0.910. The van der Waals surface area contributed by atoms with E-state index in [1.54, 1.807) is 19.7 Å². The fourth-order valence-corrected chi connectivity index (χ4v) is 2.24. The summed E-state index contributed by atoms with van der Waals surface area (Å²) < 4.78 is 10.5. The second kappa shape index (κ2) is 4.63. The van der Waals surface area contributed by atoms with E-state index in [-0.39, 0.29) is 0 Å². The summed E-state index contributed by atoms with van der Waals surface area (Å²) in [6.07, 6.45) is 0. The van der Waals surface area contributed by atoms with Crippen LogP contribution in [0.25, 0.3) is 11.3 Å². The van der Waals surface area contributed by atoms with Crippen LogP contribution in [0.3, 0.4) is 0 Å². The van der Waals surface area contributed by atoms with Crippen LogP contribution in [0.2, 0.25) is 0 Å². The molecule has 90 valence electrons. The highest BCUT2D eigenvalue weighted by molar-refractivity contribution is 7.14. The summed E-state index contributed by atoms with van der Waals surface area (Å²) in [4.78, 5) is 4.27. The van der Waals surface area contributed by atoms with Crippen molar-refractivity contribution in [2.45, 2.75) is 6.92 Å². The number of thiazole rings is 1. The lowest BCUT2D eigenvalue weighted by Gasteiger charge is -2.11. The standard InChI is InChI=1S/C12H14N2O2S/c1-7-4-9(15-2)10(16-3)5-8(7)11-12(13)17-6-14-11/h4-6H,13H2,1-3H3.